The average molecular weight is 245 g/mol. The Morgan fingerprint density at radius 1 is 0.895 bits per heavy atom. The van der Waals surface area contributed by atoms with Crippen molar-refractivity contribution in [2.24, 2.45) is 0 Å². The molecule has 1 saturated carbocycles. The summed E-state index contributed by atoms with van der Waals surface area (Å²) in [5.74, 6) is 0. The van der Waals surface area contributed by atoms with E-state index in [-0.39, 0.29) is 5.41 Å². The third-order valence-electron chi connectivity index (χ3n) is 4.60. The second-order valence-electron chi connectivity index (χ2n) is 5.61. The van der Waals surface area contributed by atoms with Crippen LogP contribution in [0.2, 0.25) is 0 Å². The molecule has 1 nitrogen and oxygen atoms in total. The van der Waals surface area contributed by atoms with Crippen LogP contribution in [-0.2, 0) is 5.41 Å². The van der Waals surface area contributed by atoms with E-state index in [9.17, 15) is 0 Å². The molecular formula is C18H15N. The highest BCUT2D eigenvalue weighted by atomic mass is 14.6. The van der Waals surface area contributed by atoms with Gasteiger partial charge in [-0.15, -0.1) is 0 Å². The molecule has 92 valence electrons. The topological polar surface area (TPSA) is 12.9 Å². The number of pyridine rings is 1. The normalized spacial score (nSPS) is 18.7. The van der Waals surface area contributed by atoms with Gasteiger partial charge in [0.1, 0.15) is 0 Å². The summed E-state index contributed by atoms with van der Waals surface area (Å²) in [6.07, 6.45) is 5.86. The van der Waals surface area contributed by atoms with Crippen molar-refractivity contribution in [2.45, 2.75) is 18.3 Å². The fraction of sp³-hybridized carbons (Fsp3) is 0.167. The summed E-state index contributed by atoms with van der Waals surface area (Å²) in [4.78, 5) is 4.30. The van der Waals surface area contributed by atoms with Gasteiger partial charge in [-0.2, -0.15) is 0 Å². The van der Waals surface area contributed by atoms with Crippen molar-refractivity contribution < 1.29 is 0 Å². The van der Waals surface area contributed by atoms with Gasteiger partial charge in [0.05, 0.1) is 0 Å². The lowest BCUT2D eigenvalue weighted by atomic mass is 9.76. The van der Waals surface area contributed by atoms with Crippen molar-refractivity contribution in [3.8, 4) is 11.1 Å². The van der Waals surface area contributed by atoms with Crippen molar-refractivity contribution in [3.05, 3.63) is 78.2 Å². The number of benzene rings is 1. The Hall–Kier alpha value is -2.15. The monoisotopic (exact) mass is 245 g/mol. The molecule has 0 aliphatic heterocycles. The minimum absolute atomic E-state index is 0.0586. The molecule has 0 bridgehead atoms. The van der Waals surface area contributed by atoms with Gasteiger partial charge in [0, 0.05) is 23.4 Å². The SMILES string of the molecule is C=C1CC2(CC1=C)c1ccccc1-c1cnccc12. The van der Waals surface area contributed by atoms with Crippen LogP contribution >= 0.6 is 0 Å². The van der Waals surface area contributed by atoms with Crippen LogP contribution in [0.15, 0.2) is 67.0 Å². The lowest BCUT2D eigenvalue weighted by Gasteiger charge is -2.25. The van der Waals surface area contributed by atoms with Gasteiger partial charge in [0.2, 0.25) is 0 Å². The zero-order valence-electron chi connectivity index (χ0n) is 10.8. The smallest absolute Gasteiger partial charge is 0.0349 e. The van der Waals surface area contributed by atoms with Gasteiger partial charge in [-0.1, -0.05) is 48.6 Å². The van der Waals surface area contributed by atoms with Crippen LogP contribution in [0.5, 0.6) is 0 Å². The first-order valence-corrected chi connectivity index (χ1v) is 6.63. The highest BCUT2D eigenvalue weighted by Crippen LogP contribution is 2.58. The number of rotatable bonds is 0. The van der Waals surface area contributed by atoms with E-state index >= 15 is 0 Å². The summed E-state index contributed by atoms with van der Waals surface area (Å²) < 4.78 is 0. The minimum Gasteiger partial charge on any atom is -0.264 e. The fourth-order valence-electron chi connectivity index (χ4n) is 3.73. The number of allylic oxidation sites excluding steroid dienone is 2. The molecule has 0 atom stereocenters. The lowest BCUT2D eigenvalue weighted by molar-refractivity contribution is 0.575. The van der Waals surface area contributed by atoms with Gasteiger partial charge < -0.3 is 0 Å². The number of nitrogens with zero attached hydrogens (tertiary/aromatic N) is 1. The first kappa shape index (κ1) is 10.7. The van der Waals surface area contributed by atoms with Crippen LogP contribution in [0, 0.1) is 0 Å². The summed E-state index contributed by atoms with van der Waals surface area (Å²) >= 11 is 0. The van der Waals surface area contributed by atoms with Gasteiger partial charge >= 0.3 is 0 Å². The van der Waals surface area contributed by atoms with Gasteiger partial charge in [0.25, 0.3) is 0 Å². The van der Waals surface area contributed by atoms with Crippen LogP contribution in [0.25, 0.3) is 11.1 Å². The van der Waals surface area contributed by atoms with E-state index in [2.05, 4.69) is 48.5 Å². The molecule has 1 spiro atoms. The molecule has 0 radical (unpaired) electrons. The number of hydrogen-bond donors (Lipinski definition) is 0. The van der Waals surface area contributed by atoms with Crippen LogP contribution in [0.4, 0.5) is 0 Å². The zero-order chi connectivity index (χ0) is 13.0. The van der Waals surface area contributed by atoms with Crippen LogP contribution in [-0.4, -0.2) is 4.98 Å². The standard InChI is InChI=1S/C18H15N/c1-12-9-18(10-13(12)2)16-6-4-3-5-14(16)15-11-19-8-7-17(15)18/h3-8,11H,1-2,9-10H2. The van der Waals surface area contributed by atoms with E-state index in [0.717, 1.165) is 12.8 Å². The fourth-order valence-corrected chi connectivity index (χ4v) is 3.73. The largest absolute Gasteiger partial charge is 0.264 e. The maximum absolute atomic E-state index is 4.30. The third kappa shape index (κ3) is 1.22. The molecule has 1 heterocycles. The van der Waals surface area contributed by atoms with Crippen LogP contribution in [0.1, 0.15) is 24.0 Å². The molecule has 2 aliphatic carbocycles. The highest BCUT2D eigenvalue weighted by molar-refractivity contribution is 5.81. The Balaban J connectivity index is 2.07. The molecule has 1 aromatic heterocycles. The summed E-state index contributed by atoms with van der Waals surface area (Å²) in [6, 6.07) is 10.9. The van der Waals surface area contributed by atoms with Gasteiger partial charge in [-0.05, 0) is 35.6 Å². The van der Waals surface area contributed by atoms with E-state index in [1.54, 1.807) is 0 Å². The van der Waals surface area contributed by atoms with Crippen LogP contribution in [0.3, 0.4) is 0 Å². The second kappa shape index (κ2) is 3.45. The summed E-state index contributed by atoms with van der Waals surface area (Å²) in [6.45, 7) is 8.37. The summed E-state index contributed by atoms with van der Waals surface area (Å²) in [5, 5.41) is 0. The van der Waals surface area contributed by atoms with Crippen molar-refractivity contribution in [1.29, 1.82) is 0 Å². The predicted molar refractivity (Wildman–Crippen MR) is 78.0 cm³/mol. The molecule has 0 saturated heterocycles. The van der Waals surface area contributed by atoms with Crippen molar-refractivity contribution in [2.75, 3.05) is 0 Å². The first-order valence-electron chi connectivity index (χ1n) is 6.63. The molecule has 1 fully saturated rings. The average Bonchev–Trinajstić information content (AvgIpc) is 2.89. The van der Waals surface area contributed by atoms with E-state index < -0.39 is 0 Å². The Morgan fingerprint density at radius 2 is 1.58 bits per heavy atom. The van der Waals surface area contributed by atoms with Crippen molar-refractivity contribution in [3.63, 3.8) is 0 Å². The summed E-state index contributed by atoms with van der Waals surface area (Å²) in [7, 11) is 0. The molecule has 0 amide bonds. The van der Waals surface area contributed by atoms with Gasteiger partial charge in [-0.3, -0.25) is 4.98 Å². The molecular weight excluding hydrogens is 230 g/mol. The van der Waals surface area contributed by atoms with Gasteiger partial charge in [0.15, 0.2) is 0 Å². The molecule has 2 aliphatic rings. The zero-order valence-corrected chi connectivity index (χ0v) is 10.8. The maximum atomic E-state index is 4.30. The van der Waals surface area contributed by atoms with Crippen LogP contribution < -0.4 is 0 Å². The molecule has 19 heavy (non-hydrogen) atoms. The molecule has 4 rings (SSSR count). The molecule has 1 heteroatoms. The Labute approximate surface area is 113 Å². The minimum atomic E-state index is 0.0586. The van der Waals surface area contributed by atoms with Gasteiger partial charge in [-0.25, -0.2) is 0 Å². The quantitative estimate of drug-likeness (QED) is 0.676. The predicted octanol–water partition coefficient (Wildman–Crippen LogP) is 4.25. The van der Waals surface area contributed by atoms with E-state index in [1.807, 2.05) is 12.4 Å². The van der Waals surface area contributed by atoms with Crippen molar-refractivity contribution >= 4 is 0 Å². The first-order chi connectivity index (χ1) is 9.22. The summed E-state index contributed by atoms with van der Waals surface area (Å²) in [5.41, 5.74) is 7.86. The Morgan fingerprint density at radius 3 is 2.37 bits per heavy atom. The molecule has 1 aromatic carbocycles. The highest BCUT2D eigenvalue weighted by Gasteiger charge is 2.47. The Bertz CT molecular complexity index is 660. The molecule has 0 unspecified atom stereocenters. The Kier molecular flexibility index (Phi) is 1.95. The number of fused-ring (bicyclic) bond motifs is 5. The maximum Gasteiger partial charge on any atom is 0.0349 e. The van der Waals surface area contributed by atoms with E-state index in [4.69, 9.17) is 0 Å². The third-order valence-corrected chi connectivity index (χ3v) is 4.60. The van der Waals surface area contributed by atoms with E-state index in [1.165, 1.54) is 33.4 Å². The molecule has 0 N–H and O–H groups in total. The molecule has 2 aromatic rings. The lowest BCUT2D eigenvalue weighted by Crippen LogP contribution is -2.20. The van der Waals surface area contributed by atoms with E-state index in [0.29, 0.717) is 0 Å². The van der Waals surface area contributed by atoms with Crippen molar-refractivity contribution in [1.82, 2.24) is 4.98 Å². The second-order valence-corrected chi connectivity index (χ2v) is 5.61. The number of aromatic nitrogens is 1. The number of hydrogen-bond acceptors (Lipinski definition) is 1.